The minimum Gasteiger partial charge on any atom is -0.397 e. The third-order valence-corrected chi connectivity index (χ3v) is 5.05. The molecule has 0 heterocycles. The molecule has 0 atom stereocenters. The number of anilines is 1. The number of halogens is 2. The molecule has 2 N–H and O–H groups in total. The van der Waals surface area contributed by atoms with Gasteiger partial charge in [0.05, 0.1) is 5.69 Å². The van der Waals surface area contributed by atoms with Gasteiger partial charge in [0, 0.05) is 8.95 Å². The summed E-state index contributed by atoms with van der Waals surface area (Å²) in [5.74, 6) is 0. The van der Waals surface area contributed by atoms with Crippen molar-refractivity contribution in [1.82, 2.24) is 0 Å². The van der Waals surface area contributed by atoms with Crippen molar-refractivity contribution in [3.05, 3.63) is 26.6 Å². The predicted molar refractivity (Wildman–Crippen MR) is 76.7 cm³/mol. The highest BCUT2D eigenvalue weighted by Crippen LogP contribution is 2.42. The Morgan fingerprint density at radius 3 is 2.06 bits per heavy atom. The number of nitrogens with two attached hydrogens (primary N) is 1. The van der Waals surface area contributed by atoms with Gasteiger partial charge in [-0.15, -0.1) is 0 Å². The van der Waals surface area contributed by atoms with Gasteiger partial charge in [0.15, 0.2) is 0 Å². The second-order valence-electron chi connectivity index (χ2n) is 4.97. The molecule has 0 aromatic heterocycles. The Labute approximate surface area is 114 Å². The molecule has 1 fully saturated rings. The van der Waals surface area contributed by atoms with Crippen LogP contribution in [0, 0.1) is 0 Å². The van der Waals surface area contributed by atoms with Crippen molar-refractivity contribution >= 4 is 37.5 Å². The summed E-state index contributed by atoms with van der Waals surface area (Å²) in [7, 11) is 0. The summed E-state index contributed by atoms with van der Waals surface area (Å²) in [6.45, 7) is 2.37. The van der Waals surface area contributed by atoms with Crippen molar-refractivity contribution in [3.8, 4) is 0 Å². The van der Waals surface area contributed by atoms with E-state index >= 15 is 0 Å². The summed E-state index contributed by atoms with van der Waals surface area (Å²) in [6, 6.07) is 4.37. The molecule has 2 rings (SSSR count). The van der Waals surface area contributed by atoms with Gasteiger partial charge in [-0.3, -0.25) is 0 Å². The van der Waals surface area contributed by atoms with Gasteiger partial charge in [-0.1, -0.05) is 26.2 Å². The van der Waals surface area contributed by atoms with E-state index in [0.29, 0.717) is 5.41 Å². The molecule has 3 heteroatoms. The number of hydrogen-bond acceptors (Lipinski definition) is 1. The molecule has 1 aliphatic rings. The SMILES string of the molecule is CC1(c2cc(Br)c(N)c(Br)c2)CCCCC1. The molecule has 16 heavy (non-hydrogen) atoms. The van der Waals surface area contributed by atoms with Gasteiger partial charge in [-0.2, -0.15) is 0 Å². The summed E-state index contributed by atoms with van der Waals surface area (Å²) in [5, 5.41) is 0. The first-order chi connectivity index (χ1) is 7.53. The summed E-state index contributed by atoms with van der Waals surface area (Å²) in [5.41, 5.74) is 8.46. The van der Waals surface area contributed by atoms with E-state index in [1.54, 1.807) is 0 Å². The lowest BCUT2D eigenvalue weighted by molar-refractivity contribution is 0.319. The Bertz CT molecular complexity index is 372. The second-order valence-corrected chi connectivity index (χ2v) is 6.68. The Morgan fingerprint density at radius 1 is 1.06 bits per heavy atom. The zero-order chi connectivity index (χ0) is 11.8. The molecule has 0 radical (unpaired) electrons. The average molecular weight is 347 g/mol. The molecule has 0 spiro atoms. The second kappa shape index (κ2) is 4.69. The maximum Gasteiger partial charge on any atom is 0.0603 e. The third kappa shape index (κ3) is 2.30. The fraction of sp³-hybridized carbons (Fsp3) is 0.538. The van der Waals surface area contributed by atoms with E-state index in [2.05, 4.69) is 50.9 Å². The molecule has 1 saturated carbocycles. The van der Waals surface area contributed by atoms with Gasteiger partial charge < -0.3 is 5.73 Å². The highest BCUT2D eigenvalue weighted by Gasteiger charge is 2.29. The fourth-order valence-corrected chi connectivity index (χ4v) is 3.74. The van der Waals surface area contributed by atoms with Gasteiger partial charge >= 0.3 is 0 Å². The van der Waals surface area contributed by atoms with Crippen LogP contribution in [0.4, 0.5) is 5.69 Å². The minimum absolute atomic E-state index is 0.330. The number of benzene rings is 1. The van der Waals surface area contributed by atoms with Crippen LogP contribution in [0.3, 0.4) is 0 Å². The number of rotatable bonds is 1. The van der Waals surface area contributed by atoms with Gasteiger partial charge in [-0.25, -0.2) is 0 Å². The van der Waals surface area contributed by atoms with Gasteiger partial charge in [0.1, 0.15) is 0 Å². The van der Waals surface area contributed by atoms with Crippen LogP contribution < -0.4 is 5.73 Å². The third-order valence-electron chi connectivity index (χ3n) is 3.73. The van der Waals surface area contributed by atoms with E-state index in [1.807, 2.05) is 0 Å². The molecular formula is C13H17Br2N. The maximum absolute atomic E-state index is 5.93. The first kappa shape index (κ1) is 12.4. The molecule has 88 valence electrons. The topological polar surface area (TPSA) is 26.0 Å². The van der Waals surface area contributed by atoms with Crippen LogP contribution in [-0.2, 0) is 5.41 Å². The maximum atomic E-state index is 5.93. The molecule has 0 unspecified atom stereocenters. The molecule has 1 nitrogen and oxygen atoms in total. The van der Waals surface area contributed by atoms with Gasteiger partial charge in [-0.05, 0) is 67.8 Å². The fourth-order valence-electron chi connectivity index (χ4n) is 2.55. The van der Waals surface area contributed by atoms with Gasteiger partial charge in [0.2, 0.25) is 0 Å². The van der Waals surface area contributed by atoms with E-state index < -0.39 is 0 Å². The van der Waals surface area contributed by atoms with Crippen LogP contribution in [-0.4, -0.2) is 0 Å². The summed E-state index contributed by atoms with van der Waals surface area (Å²) >= 11 is 7.07. The lowest BCUT2D eigenvalue weighted by atomic mass is 9.71. The van der Waals surface area contributed by atoms with E-state index in [9.17, 15) is 0 Å². The van der Waals surface area contributed by atoms with Crippen molar-refractivity contribution in [2.24, 2.45) is 0 Å². The predicted octanol–water partition coefficient (Wildman–Crippen LogP) is 5.02. The Hall–Kier alpha value is -0.0200. The molecular weight excluding hydrogens is 330 g/mol. The van der Waals surface area contributed by atoms with E-state index in [0.717, 1.165) is 14.6 Å². The highest BCUT2D eigenvalue weighted by molar-refractivity contribution is 9.11. The lowest BCUT2D eigenvalue weighted by Gasteiger charge is -2.34. The van der Waals surface area contributed by atoms with Crippen molar-refractivity contribution in [3.63, 3.8) is 0 Å². The van der Waals surface area contributed by atoms with Crippen molar-refractivity contribution in [2.45, 2.75) is 44.4 Å². The van der Waals surface area contributed by atoms with Crippen LogP contribution >= 0.6 is 31.9 Å². The Kier molecular flexibility index (Phi) is 3.65. The molecule has 0 saturated heterocycles. The first-order valence-corrected chi connectivity index (χ1v) is 7.36. The van der Waals surface area contributed by atoms with E-state index in [-0.39, 0.29) is 0 Å². The van der Waals surface area contributed by atoms with Crippen LogP contribution in [0.25, 0.3) is 0 Å². The van der Waals surface area contributed by atoms with Crippen LogP contribution in [0.1, 0.15) is 44.6 Å². The smallest absolute Gasteiger partial charge is 0.0603 e. The molecule has 1 aromatic rings. The standard InChI is InChI=1S/C13H17Br2N/c1-13(5-3-2-4-6-13)9-7-10(14)12(16)11(15)8-9/h7-8H,2-6,16H2,1H3. The summed E-state index contributed by atoms with van der Waals surface area (Å²) in [4.78, 5) is 0. The first-order valence-electron chi connectivity index (χ1n) is 5.78. The number of nitrogen functional groups attached to an aromatic ring is 1. The van der Waals surface area contributed by atoms with Crippen LogP contribution in [0.2, 0.25) is 0 Å². The molecule has 0 amide bonds. The minimum atomic E-state index is 0.330. The van der Waals surface area contributed by atoms with Crippen molar-refractivity contribution in [1.29, 1.82) is 0 Å². The lowest BCUT2D eigenvalue weighted by Crippen LogP contribution is -2.25. The van der Waals surface area contributed by atoms with Gasteiger partial charge in [0.25, 0.3) is 0 Å². The quantitative estimate of drug-likeness (QED) is 0.710. The largest absolute Gasteiger partial charge is 0.397 e. The highest BCUT2D eigenvalue weighted by atomic mass is 79.9. The van der Waals surface area contributed by atoms with Crippen LogP contribution in [0.5, 0.6) is 0 Å². The molecule has 0 bridgehead atoms. The van der Waals surface area contributed by atoms with Crippen molar-refractivity contribution in [2.75, 3.05) is 5.73 Å². The van der Waals surface area contributed by atoms with E-state index in [1.165, 1.54) is 37.7 Å². The average Bonchev–Trinajstić information content (AvgIpc) is 2.26. The monoisotopic (exact) mass is 345 g/mol. The van der Waals surface area contributed by atoms with Crippen LogP contribution in [0.15, 0.2) is 21.1 Å². The molecule has 0 aliphatic heterocycles. The zero-order valence-electron chi connectivity index (χ0n) is 9.52. The normalized spacial score (nSPS) is 19.7. The zero-order valence-corrected chi connectivity index (χ0v) is 12.7. The Balaban J connectivity index is 2.39. The summed E-state index contributed by atoms with van der Waals surface area (Å²) < 4.78 is 2.01. The molecule has 1 aromatic carbocycles. The van der Waals surface area contributed by atoms with E-state index in [4.69, 9.17) is 5.73 Å². The van der Waals surface area contributed by atoms with Crippen molar-refractivity contribution < 1.29 is 0 Å². The Morgan fingerprint density at radius 2 is 1.56 bits per heavy atom. The molecule has 1 aliphatic carbocycles. The summed E-state index contributed by atoms with van der Waals surface area (Å²) in [6.07, 6.45) is 6.64. The number of hydrogen-bond donors (Lipinski definition) is 1.